The van der Waals surface area contributed by atoms with E-state index in [0.29, 0.717) is 35.8 Å². The summed E-state index contributed by atoms with van der Waals surface area (Å²) >= 11 is 6.45. The summed E-state index contributed by atoms with van der Waals surface area (Å²) in [6, 6.07) is 23.2. The first-order valence-electron chi connectivity index (χ1n) is 33.8. The zero-order valence-corrected chi connectivity index (χ0v) is 64.9. The molecule has 0 bridgehead atoms. The smallest absolute Gasteiger partial charge is 0.335 e. The molecule has 0 amide bonds. The Kier molecular flexibility index (Phi) is 29.9. The molecular weight excluding hydrogens is 1200 g/mol. The van der Waals surface area contributed by atoms with E-state index in [9.17, 15) is 9.90 Å². The molecule has 0 saturated carbocycles. The number of rotatable bonds is 36. The van der Waals surface area contributed by atoms with Crippen LogP contribution >= 0.6 is 11.6 Å². The minimum Gasteiger partial charge on any atom is -0.478 e. The van der Waals surface area contributed by atoms with Crippen molar-refractivity contribution >= 4 is 65.2 Å². The predicted molar refractivity (Wildman–Crippen MR) is 382 cm³/mol. The lowest BCUT2D eigenvalue weighted by molar-refractivity contribution is -0.353. The molecule has 88 heavy (non-hydrogen) atoms. The maximum atomic E-state index is 11.4. The summed E-state index contributed by atoms with van der Waals surface area (Å²) in [7, 11) is -9.90. The fourth-order valence-electron chi connectivity index (χ4n) is 12.4. The lowest BCUT2D eigenvalue weighted by atomic mass is 9.78. The molecular formula is C71H123ClO11Si5. The minimum absolute atomic E-state index is 0.0141. The van der Waals surface area contributed by atoms with Gasteiger partial charge in [-0.05, 0) is 171 Å². The third kappa shape index (κ3) is 20.4. The van der Waals surface area contributed by atoms with Gasteiger partial charge in [-0.1, -0.05) is 178 Å². The molecule has 0 aromatic heterocycles. The van der Waals surface area contributed by atoms with Crippen molar-refractivity contribution in [3.05, 3.63) is 102 Å². The van der Waals surface area contributed by atoms with Gasteiger partial charge < -0.3 is 46.2 Å². The van der Waals surface area contributed by atoms with E-state index in [4.69, 9.17) is 59.3 Å². The highest BCUT2D eigenvalue weighted by Crippen LogP contribution is 2.50. The van der Waals surface area contributed by atoms with Crippen LogP contribution in [-0.2, 0) is 36.3 Å². The molecule has 17 heteroatoms. The molecule has 0 unspecified atom stereocenters. The number of hydrogen-bond acceptors (Lipinski definition) is 10. The largest absolute Gasteiger partial charge is 0.478 e. The number of ether oxygens (including phenoxy) is 4. The van der Waals surface area contributed by atoms with Crippen LogP contribution < -0.4 is 4.74 Å². The zero-order valence-electron chi connectivity index (χ0n) is 59.1. The normalized spacial score (nSPS) is 24.4. The van der Waals surface area contributed by atoms with Crippen LogP contribution in [0.1, 0.15) is 172 Å². The van der Waals surface area contributed by atoms with Gasteiger partial charge in [0, 0.05) is 30.4 Å². The molecule has 11 atom stereocenters. The Morgan fingerprint density at radius 3 is 1.67 bits per heavy atom. The van der Waals surface area contributed by atoms with Gasteiger partial charge in [-0.2, -0.15) is 0 Å². The summed E-state index contributed by atoms with van der Waals surface area (Å²) in [4.78, 5) is 11.4. The van der Waals surface area contributed by atoms with Crippen molar-refractivity contribution in [1.82, 2.24) is 0 Å². The van der Waals surface area contributed by atoms with Gasteiger partial charge >= 0.3 is 5.97 Å². The maximum absolute atomic E-state index is 11.4. The Morgan fingerprint density at radius 2 is 1.20 bits per heavy atom. The second-order valence-electron chi connectivity index (χ2n) is 28.8. The Bertz CT molecular complexity index is 2510. The molecule has 2 aliphatic heterocycles. The van der Waals surface area contributed by atoms with Gasteiger partial charge in [0.15, 0.2) is 47.4 Å². The maximum Gasteiger partial charge on any atom is 0.335 e. The summed E-state index contributed by atoms with van der Waals surface area (Å²) < 4.78 is 68.1. The van der Waals surface area contributed by atoms with E-state index in [1.54, 1.807) is 24.3 Å². The first kappa shape index (κ1) is 78.2. The van der Waals surface area contributed by atoms with Crippen molar-refractivity contribution < 1.29 is 51.0 Å². The number of carboxylic acid groups (broad SMARTS) is 1. The number of hydrogen-bond donors (Lipinski definition) is 1. The number of unbranched alkanes of at least 4 members (excludes halogenated alkanes) is 1. The van der Waals surface area contributed by atoms with Gasteiger partial charge in [-0.3, -0.25) is 0 Å². The minimum atomic E-state index is -2.49. The van der Waals surface area contributed by atoms with Crippen LogP contribution in [0.25, 0.3) is 6.08 Å². The van der Waals surface area contributed by atoms with Crippen LogP contribution in [0.5, 0.6) is 11.5 Å². The number of benzene rings is 2. The van der Waals surface area contributed by atoms with Crippen LogP contribution in [0.3, 0.4) is 0 Å². The number of methoxy groups -OCH3 is 1. The quantitative estimate of drug-likeness (QED) is 0.0304. The van der Waals surface area contributed by atoms with E-state index in [1.165, 1.54) is 0 Å². The summed E-state index contributed by atoms with van der Waals surface area (Å²) in [5, 5.41) is 9.73. The van der Waals surface area contributed by atoms with Crippen molar-refractivity contribution in [3.8, 4) is 11.5 Å². The molecule has 2 saturated heterocycles. The second-order valence-corrected chi connectivity index (χ2v) is 53.0. The van der Waals surface area contributed by atoms with Crippen LogP contribution in [0, 0.1) is 11.8 Å². The van der Waals surface area contributed by atoms with E-state index in [0.717, 1.165) is 84.8 Å². The highest BCUT2D eigenvalue weighted by molar-refractivity contribution is 6.75. The van der Waals surface area contributed by atoms with Crippen molar-refractivity contribution in [1.29, 1.82) is 0 Å². The van der Waals surface area contributed by atoms with E-state index >= 15 is 0 Å². The zero-order chi connectivity index (χ0) is 66.3. The van der Waals surface area contributed by atoms with Gasteiger partial charge in [0.05, 0.1) is 48.3 Å². The Hall–Kier alpha value is -2.28. The number of carbonyl (C=O) groups is 1. The summed E-state index contributed by atoms with van der Waals surface area (Å²) in [5.41, 5.74) is 2.30. The van der Waals surface area contributed by atoms with Gasteiger partial charge in [0.2, 0.25) is 0 Å². The summed E-state index contributed by atoms with van der Waals surface area (Å²) in [5.74, 6) is -1.09. The summed E-state index contributed by atoms with van der Waals surface area (Å²) in [6.07, 6.45) is 9.55. The molecule has 0 aliphatic carbocycles. The SMILES string of the molecule is C=C(Cl)/C=C/[C@H](CC(=C)C[C@H]1O[C@@H]([C@H](O[Si](CC)(CC)CC)[C@@]2(OC)C[C@H](O[Si](C)(C)C(C)(C)C)[C@@H](C)[C@@H](CCC/C=C/c3ccc(Oc4ccc(C(=O)O)cc4)cc3)O2)[C@H](C)[C@@H](O[Si](CC)(CC)CC)[C@@H]1O[Si](CC)(CC)CC)O[Si](C)(C)C(C)(C)C. The third-order valence-electron chi connectivity index (χ3n) is 21.5. The topological polar surface area (TPSA) is 120 Å². The van der Waals surface area contributed by atoms with Crippen molar-refractivity contribution in [2.24, 2.45) is 11.8 Å². The van der Waals surface area contributed by atoms with E-state index in [2.05, 4.69) is 169 Å². The number of allylic oxidation sites excluding steroid dienone is 3. The first-order valence-corrected chi connectivity index (χ1v) is 47.6. The fraction of sp³-hybridized carbons (Fsp3) is 0.704. The average Bonchev–Trinajstić information content (AvgIpc) is 1.24. The molecule has 2 aromatic rings. The molecule has 2 aliphatic rings. The fourth-order valence-corrected chi connectivity index (χ4v) is 23.8. The highest BCUT2D eigenvalue weighted by Gasteiger charge is 2.62. The first-order chi connectivity index (χ1) is 41.1. The number of aromatic carboxylic acids is 1. The number of halogens is 1. The van der Waals surface area contributed by atoms with E-state index in [1.807, 2.05) is 37.5 Å². The van der Waals surface area contributed by atoms with Gasteiger partial charge in [0.25, 0.3) is 0 Å². The molecule has 2 aromatic carbocycles. The van der Waals surface area contributed by atoms with Crippen molar-refractivity contribution in [3.63, 3.8) is 0 Å². The molecule has 2 heterocycles. The van der Waals surface area contributed by atoms with Gasteiger partial charge in [-0.25, -0.2) is 4.79 Å². The van der Waals surface area contributed by atoms with Crippen molar-refractivity contribution in [2.45, 2.75) is 302 Å². The highest BCUT2D eigenvalue weighted by atomic mass is 35.5. The Morgan fingerprint density at radius 1 is 0.705 bits per heavy atom. The second kappa shape index (κ2) is 33.7. The van der Waals surface area contributed by atoms with Gasteiger partial charge in [0.1, 0.15) is 17.6 Å². The van der Waals surface area contributed by atoms with Crippen LogP contribution in [0.4, 0.5) is 0 Å². The summed E-state index contributed by atoms with van der Waals surface area (Å²) in [6.45, 7) is 57.6. The monoisotopic (exact) mass is 1330 g/mol. The van der Waals surface area contributed by atoms with E-state index < -0.39 is 71.7 Å². The van der Waals surface area contributed by atoms with Gasteiger partial charge in [-0.15, -0.1) is 0 Å². The standard InChI is InChI=1S/C71H123ClO11Si5/c1-25-86(26-2,27-3)81-64-55(13)65(77-62(66(64)82-87(28-4,29-5)30-6)50-52(10)49-60(44-39-53(11)72)79-84(21,22)69(14,15)16)67(83-88(31-7,32-8)33-9)71(75-20)51-63(80-85(23,24)70(17,18)19)54(12)61(78-71)38-36-34-35-37-56-40-45-58(46-41-56)76-59-47-42-57(43-48-59)68(73)74/h35,37,39-48,54-55,60-67H,10-11,25-34,36,38,49-51H2,1-9,12-24H3,(H,73,74)/b37-35+,44-39+/t54-,55+,60+,61+,62+,63-,64+,65+,66+,67-,71+/m0/s1. The molecule has 1 N–H and O–H groups in total. The molecule has 500 valence electrons. The van der Waals surface area contributed by atoms with Crippen LogP contribution in [0.15, 0.2) is 90.5 Å². The molecule has 11 nitrogen and oxygen atoms in total. The lowest BCUT2D eigenvalue weighted by Gasteiger charge is -2.58. The van der Waals surface area contributed by atoms with Crippen LogP contribution in [-0.4, -0.2) is 114 Å². The molecule has 0 spiro atoms. The lowest BCUT2D eigenvalue weighted by Crippen LogP contribution is -2.70. The molecule has 0 radical (unpaired) electrons. The predicted octanol–water partition coefficient (Wildman–Crippen LogP) is 21.1. The van der Waals surface area contributed by atoms with Crippen molar-refractivity contribution in [2.75, 3.05) is 7.11 Å². The third-order valence-corrected chi connectivity index (χ3v) is 44.5. The molecule has 4 rings (SSSR count). The Balaban J connectivity index is 1.93. The molecule has 2 fully saturated rings. The number of carboxylic acids is 1. The average molecular weight is 1330 g/mol. The van der Waals surface area contributed by atoms with Crippen LogP contribution in [0.2, 0.25) is 90.7 Å². The Labute approximate surface area is 546 Å². The van der Waals surface area contributed by atoms with E-state index in [-0.39, 0.29) is 58.0 Å².